The van der Waals surface area contributed by atoms with Gasteiger partial charge in [0.25, 0.3) is 0 Å². The number of nitrogens with one attached hydrogen (secondary N) is 1. The monoisotopic (exact) mass is 423 g/mol. The molecule has 8 heteroatoms. The van der Waals surface area contributed by atoms with Crippen LogP contribution in [0.5, 0.6) is 17.4 Å². The van der Waals surface area contributed by atoms with Gasteiger partial charge in [-0.15, -0.1) is 10.2 Å². The Morgan fingerprint density at radius 2 is 1.84 bits per heavy atom. The topological polar surface area (TPSA) is 89.9 Å². The summed E-state index contributed by atoms with van der Waals surface area (Å²) in [5.41, 5.74) is 1.15. The van der Waals surface area contributed by atoms with Crippen LogP contribution in [-0.4, -0.2) is 47.9 Å². The summed E-state index contributed by atoms with van der Waals surface area (Å²) in [6, 6.07) is 14.8. The number of azo groups is 1. The largest absolute Gasteiger partial charge is 0.493 e. The molecule has 4 rings (SSSR count). The van der Waals surface area contributed by atoms with E-state index >= 15 is 0 Å². The maximum Gasteiger partial charge on any atom is 0.308 e. The lowest BCUT2D eigenvalue weighted by Crippen LogP contribution is -3.11. The number of amides is 1. The standard InChI is InChI=1S/C23H26N4O4/c1-3-26(4-2)13-14-27-17-10-6-5-9-16(17)21(23(27)29)24-25-22(28)20-15-30-18-11-7-8-12-19(18)31-20/h5-12,20,29H,3-4,13-15H2,1-2H3/p+1/t20-/m0/s1. The number of aromatic hydroxyl groups is 1. The second-order valence-corrected chi connectivity index (χ2v) is 7.45. The molecule has 0 spiro atoms. The highest BCUT2D eigenvalue weighted by molar-refractivity contribution is 5.95. The Morgan fingerprint density at radius 3 is 2.61 bits per heavy atom. The van der Waals surface area contributed by atoms with Crippen LogP contribution in [0, 0.1) is 0 Å². The summed E-state index contributed by atoms with van der Waals surface area (Å²) >= 11 is 0. The normalized spacial score (nSPS) is 15.8. The molecule has 0 saturated heterocycles. The molecule has 1 aliphatic rings. The Balaban J connectivity index is 1.56. The third-order valence-electron chi connectivity index (χ3n) is 5.64. The van der Waals surface area contributed by atoms with Gasteiger partial charge >= 0.3 is 5.91 Å². The zero-order chi connectivity index (χ0) is 21.8. The van der Waals surface area contributed by atoms with Crippen LogP contribution >= 0.6 is 0 Å². The average Bonchev–Trinajstić information content (AvgIpc) is 3.08. The summed E-state index contributed by atoms with van der Waals surface area (Å²) in [6.45, 7) is 7.91. The van der Waals surface area contributed by atoms with E-state index in [2.05, 4.69) is 24.1 Å². The van der Waals surface area contributed by atoms with Gasteiger partial charge in [0.1, 0.15) is 6.61 Å². The van der Waals surface area contributed by atoms with Crippen molar-refractivity contribution in [3.63, 3.8) is 0 Å². The van der Waals surface area contributed by atoms with Gasteiger partial charge in [-0.25, -0.2) is 0 Å². The third kappa shape index (κ3) is 4.25. The van der Waals surface area contributed by atoms with E-state index in [9.17, 15) is 9.90 Å². The molecule has 1 atom stereocenters. The number of para-hydroxylation sites is 3. The molecule has 3 aromatic rings. The lowest BCUT2D eigenvalue weighted by molar-refractivity contribution is -0.897. The van der Waals surface area contributed by atoms with Crippen LogP contribution in [0.25, 0.3) is 10.9 Å². The highest BCUT2D eigenvalue weighted by Gasteiger charge is 2.27. The predicted octanol–water partition coefficient (Wildman–Crippen LogP) is 2.72. The van der Waals surface area contributed by atoms with Crippen molar-refractivity contribution in [3.8, 4) is 17.4 Å². The quantitative estimate of drug-likeness (QED) is 0.572. The zero-order valence-electron chi connectivity index (χ0n) is 17.7. The molecule has 0 saturated carbocycles. The molecule has 1 amide bonds. The first-order valence-electron chi connectivity index (χ1n) is 10.6. The van der Waals surface area contributed by atoms with Crippen LogP contribution in [0.3, 0.4) is 0 Å². The molecule has 0 unspecified atom stereocenters. The van der Waals surface area contributed by atoms with E-state index in [1.807, 2.05) is 41.0 Å². The molecular weight excluding hydrogens is 396 g/mol. The molecule has 2 aromatic carbocycles. The molecule has 8 nitrogen and oxygen atoms in total. The lowest BCUT2D eigenvalue weighted by atomic mass is 10.2. The molecule has 162 valence electrons. The molecule has 0 radical (unpaired) electrons. The van der Waals surface area contributed by atoms with Gasteiger partial charge in [-0.05, 0) is 32.0 Å². The van der Waals surface area contributed by atoms with Crippen LogP contribution < -0.4 is 14.4 Å². The minimum absolute atomic E-state index is 0.00969. The molecule has 0 bridgehead atoms. The predicted molar refractivity (Wildman–Crippen MR) is 116 cm³/mol. The van der Waals surface area contributed by atoms with E-state index in [1.54, 1.807) is 12.1 Å². The molecule has 1 aliphatic heterocycles. The number of carbonyl (C=O) groups is 1. The van der Waals surface area contributed by atoms with E-state index in [0.717, 1.165) is 30.5 Å². The van der Waals surface area contributed by atoms with Crippen molar-refractivity contribution in [1.82, 2.24) is 4.57 Å². The summed E-state index contributed by atoms with van der Waals surface area (Å²) < 4.78 is 13.1. The van der Waals surface area contributed by atoms with Crippen molar-refractivity contribution in [2.75, 3.05) is 26.2 Å². The Morgan fingerprint density at radius 1 is 1.13 bits per heavy atom. The molecule has 2 heterocycles. The minimum Gasteiger partial charge on any atom is -0.493 e. The van der Waals surface area contributed by atoms with Crippen LogP contribution in [-0.2, 0) is 11.3 Å². The van der Waals surface area contributed by atoms with Gasteiger partial charge < -0.3 is 24.0 Å². The van der Waals surface area contributed by atoms with Gasteiger partial charge in [0.05, 0.1) is 31.7 Å². The Bertz CT molecular complexity index is 1100. The van der Waals surface area contributed by atoms with Crippen molar-refractivity contribution in [2.45, 2.75) is 26.5 Å². The van der Waals surface area contributed by atoms with Crippen molar-refractivity contribution < 1.29 is 24.3 Å². The van der Waals surface area contributed by atoms with Crippen LogP contribution in [0.4, 0.5) is 5.69 Å². The molecule has 0 fully saturated rings. The summed E-state index contributed by atoms with van der Waals surface area (Å²) in [6.07, 6.45) is -0.875. The van der Waals surface area contributed by atoms with Gasteiger partial charge in [0, 0.05) is 5.39 Å². The van der Waals surface area contributed by atoms with Crippen LogP contribution in [0.1, 0.15) is 13.8 Å². The highest BCUT2D eigenvalue weighted by Crippen LogP contribution is 2.39. The molecule has 31 heavy (non-hydrogen) atoms. The molecule has 0 aliphatic carbocycles. The number of ether oxygens (including phenoxy) is 2. The molecular formula is C23H27N4O4+. The van der Waals surface area contributed by atoms with Crippen molar-refractivity contribution in [3.05, 3.63) is 48.5 Å². The second kappa shape index (κ2) is 9.18. The maximum atomic E-state index is 12.6. The summed E-state index contributed by atoms with van der Waals surface area (Å²) in [4.78, 5) is 14.0. The minimum atomic E-state index is -0.875. The first-order chi connectivity index (χ1) is 15.1. The summed E-state index contributed by atoms with van der Waals surface area (Å²) in [5.74, 6) is 0.550. The number of rotatable bonds is 7. The van der Waals surface area contributed by atoms with E-state index in [0.29, 0.717) is 18.0 Å². The zero-order valence-corrected chi connectivity index (χ0v) is 17.7. The Kier molecular flexibility index (Phi) is 6.18. The van der Waals surface area contributed by atoms with Crippen molar-refractivity contribution in [2.24, 2.45) is 10.2 Å². The second-order valence-electron chi connectivity index (χ2n) is 7.45. The van der Waals surface area contributed by atoms with Crippen molar-refractivity contribution >= 4 is 22.5 Å². The number of quaternary nitrogens is 1. The number of fused-ring (bicyclic) bond motifs is 2. The van der Waals surface area contributed by atoms with Gasteiger partial charge in [-0.3, -0.25) is 4.79 Å². The lowest BCUT2D eigenvalue weighted by Gasteiger charge is -2.23. The van der Waals surface area contributed by atoms with E-state index < -0.39 is 12.0 Å². The third-order valence-corrected chi connectivity index (χ3v) is 5.64. The fraction of sp³-hybridized carbons (Fsp3) is 0.348. The van der Waals surface area contributed by atoms with Crippen molar-refractivity contribution in [1.29, 1.82) is 0 Å². The van der Waals surface area contributed by atoms with Gasteiger partial charge in [0.15, 0.2) is 17.2 Å². The fourth-order valence-corrected chi connectivity index (χ4v) is 3.77. The van der Waals surface area contributed by atoms with Gasteiger partial charge in [-0.1, -0.05) is 30.3 Å². The number of hydrogen-bond acceptors (Lipinski definition) is 5. The average molecular weight is 423 g/mol. The maximum absolute atomic E-state index is 12.6. The number of hydrogen-bond donors (Lipinski definition) is 2. The number of aromatic nitrogens is 1. The number of benzene rings is 2. The first kappa shape index (κ1) is 20.9. The van der Waals surface area contributed by atoms with Gasteiger partial charge in [-0.2, -0.15) is 0 Å². The fourth-order valence-electron chi connectivity index (χ4n) is 3.77. The summed E-state index contributed by atoms with van der Waals surface area (Å²) in [7, 11) is 0. The van der Waals surface area contributed by atoms with E-state index in [4.69, 9.17) is 9.47 Å². The highest BCUT2D eigenvalue weighted by atomic mass is 16.6. The SMILES string of the molecule is CC[NH+](CC)CCn1c(O)c(N=NC(=O)[C@@H]2COc3ccccc3O2)c2ccccc21. The number of likely N-dealkylation sites (N-methyl/N-ethyl adjacent to an activating group) is 1. The first-order valence-corrected chi connectivity index (χ1v) is 10.6. The smallest absolute Gasteiger partial charge is 0.308 e. The van der Waals surface area contributed by atoms with Crippen LogP contribution in [0.15, 0.2) is 58.8 Å². The Hall–Kier alpha value is -3.39. The molecule has 2 N–H and O–H groups in total. The van der Waals surface area contributed by atoms with E-state index in [1.165, 1.54) is 4.90 Å². The van der Waals surface area contributed by atoms with Gasteiger partial charge in [0.2, 0.25) is 12.0 Å². The number of carbonyl (C=O) groups excluding carboxylic acids is 1. The Labute approximate surface area is 180 Å². The molecule has 1 aromatic heterocycles. The number of nitrogens with zero attached hydrogens (tertiary/aromatic N) is 3. The van der Waals surface area contributed by atoms with E-state index in [-0.39, 0.29) is 18.2 Å². The summed E-state index contributed by atoms with van der Waals surface area (Å²) in [5, 5.41) is 19.6. The van der Waals surface area contributed by atoms with Crippen LogP contribution in [0.2, 0.25) is 0 Å².